The van der Waals surface area contributed by atoms with E-state index in [4.69, 9.17) is 0 Å². The average Bonchev–Trinajstić information content (AvgIpc) is 3.25. The smallest absolute Gasteiger partial charge is 0.255 e. The van der Waals surface area contributed by atoms with Gasteiger partial charge >= 0.3 is 0 Å². The number of aliphatic hydroxyl groups is 1. The number of phenolic OH excluding ortho intramolecular Hbond substituents is 1. The first kappa shape index (κ1) is 12.9. The average molecular weight is 271 g/mol. The summed E-state index contributed by atoms with van der Waals surface area (Å²) in [5.41, 5.74) is 0.139. The number of carbonyl (C=O) groups excluding carboxylic acids is 1. The third kappa shape index (κ3) is 2.34. The van der Waals surface area contributed by atoms with Crippen LogP contribution in [0.1, 0.15) is 23.2 Å². The molecule has 0 heterocycles. The van der Waals surface area contributed by atoms with Gasteiger partial charge in [-0.25, -0.2) is 0 Å². The van der Waals surface area contributed by atoms with E-state index in [1.165, 1.54) is 0 Å². The third-order valence-corrected chi connectivity index (χ3v) is 4.03. The fourth-order valence-electron chi connectivity index (χ4n) is 2.34. The van der Waals surface area contributed by atoms with Gasteiger partial charge in [-0.05, 0) is 35.7 Å². The van der Waals surface area contributed by atoms with Gasteiger partial charge in [-0.3, -0.25) is 4.79 Å². The zero-order chi connectivity index (χ0) is 14.2. The van der Waals surface area contributed by atoms with Crippen LogP contribution in [0.5, 0.6) is 5.75 Å². The zero-order valence-electron chi connectivity index (χ0n) is 11.1. The molecule has 0 aromatic heterocycles. The van der Waals surface area contributed by atoms with Crippen LogP contribution >= 0.6 is 0 Å². The second-order valence-corrected chi connectivity index (χ2v) is 5.56. The van der Waals surface area contributed by atoms with Crippen LogP contribution in [0.4, 0.5) is 0 Å². The lowest BCUT2D eigenvalue weighted by atomic mass is 10.0. The van der Waals surface area contributed by atoms with Crippen molar-refractivity contribution in [1.29, 1.82) is 0 Å². The molecule has 1 amide bonds. The molecule has 0 radical (unpaired) electrons. The molecule has 1 saturated carbocycles. The van der Waals surface area contributed by atoms with Gasteiger partial charge in [0.05, 0.1) is 12.2 Å². The molecule has 4 heteroatoms. The maximum Gasteiger partial charge on any atom is 0.255 e. The molecule has 0 spiro atoms. The number of nitrogens with one attached hydrogen (secondary N) is 1. The van der Waals surface area contributed by atoms with Crippen molar-refractivity contribution in [3.63, 3.8) is 0 Å². The summed E-state index contributed by atoms with van der Waals surface area (Å²) in [6.07, 6.45) is 1.88. The molecule has 2 aromatic rings. The van der Waals surface area contributed by atoms with Crippen molar-refractivity contribution in [3.8, 4) is 5.75 Å². The number of phenols is 1. The van der Waals surface area contributed by atoms with Crippen LogP contribution in [-0.2, 0) is 0 Å². The molecule has 20 heavy (non-hydrogen) atoms. The van der Waals surface area contributed by atoms with Gasteiger partial charge in [0, 0.05) is 12.0 Å². The maximum absolute atomic E-state index is 12.1. The lowest BCUT2D eigenvalue weighted by Gasteiger charge is -2.13. The number of fused-ring (bicyclic) bond motifs is 1. The molecular formula is C16H17NO3. The SMILES string of the molecule is O=C(NCC1(CO)CC1)c1cc2ccccc2cc1O. The number of aliphatic hydroxyl groups excluding tert-OH is 1. The Hall–Kier alpha value is -2.07. The Morgan fingerprint density at radius 3 is 2.45 bits per heavy atom. The predicted molar refractivity (Wildman–Crippen MR) is 76.7 cm³/mol. The largest absolute Gasteiger partial charge is 0.507 e. The molecule has 2 aromatic carbocycles. The number of carbonyl (C=O) groups is 1. The van der Waals surface area contributed by atoms with Crippen LogP contribution in [0.15, 0.2) is 36.4 Å². The van der Waals surface area contributed by atoms with Gasteiger partial charge in [0.1, 0.15) is 5.75 Å². The van der Waals surface area contributed by atoms with E-state index in [0.717, 1.165) is 23.6 Å². The fourth-order valence-corrected chi connectivity index (χ4v) is 2.34. The third-order valence-electron chi connectivity index (χ3n) is 4.03. The first-order valence-corrected chi connectivity index (χ1v) is 6.74. The summed E-state index contributed by atoms with van der Waals surface area (Å²) in [5.74, 6) is -0.317. The van der Waals surface area contributed by atoms with Gasteiger partial charge in [0.25, 0.3) is 5.91 Å². The fraction of sp³-hybridized carbons (Fsp3) is 0.312. The van der Waals surface area contributed by atoms with Crippen LogP contribution < -0.4 is 5.32 Å². The van der Waals surface area contributed by atoms with Crippen molar-refractivity contribution in [1.82, 2.24) is 5.32 Å². The number of hydrogen-bond acceptors (Lipinski definition) is 3. The molecule has 3 rings (SSSR count). The molecule has 1 fully saturated rings. The molecule has 0 atom stereocenters. The summed E-state index contributed by atoms with van der Waals surface area (Å²) >= 11 is 0. The molecule has 1 aliphatic rings. The predicted octanol–water partition coefficient (Wildman–Crippen LogP) is 2.05. The number of rotatable bonds is 4. The summed E-state index contributed by atoms with van der Waals surface area (Å²) < 4.78 is 0. The normalized spacial score (nSPS) is 16.1. The van der Waals surface area contributed by atoms with Crippen molar-refractivity contribution in [3.05, 3.63) is 42.0 Å². The van der Waals surface area contributed by atoms with Crippen molar-refractivity contribution in [2.24, 2.45) is 5.41 Å². The van der Waals surface area contributed by atoms with E-state index in [2.05, 4.69) is 5.32 Å². The van der Waals surface area contributed by atoms with Crippen molar-refractivity contribution in [2.45, 2.75) is 12.8 Å². The van der Waals surface area contributed by atoms with Gasteiger partial charge in [-0.15, -0.1) is 0 Å². The minimum Gasteiger partial charge on any atom is -0.507 e. The second kappa shape index (κ2) is 4.80. The van der Waals surface area contributed by atoms with E-state index in [1.54, 1.807) is 12.1 Å². The summed E-state index contributed by atoms with van der Waals surface area (Å²) in [4.78, 5) is 12.1. The van der Waals surface area contributed by atoms with E-state index in [0.29, 0.717) is 6.54 Å². The lowest BCUT2D eigenvalue weighted by Crippen LogP contribution is -2.31. The number of aromatic hydroxyl groups is 1. The molecule has 0 unspecified atom stereocenters. The van der Waals surface area contributed by atoms with Crippen LogP contribution in [0.3, 0.4) is 0 Å². The zero-order valence-corrected chi connectivity index (χ0v) is 11.1. The van der Waals surface area contributed by atoms with E-state index in [9.17, 15) is 15.0 Å². The first-order valence-electron chi connectivity index (χ1n) is 6.74. The Balaban J connectivity index is 1.82. The van der Waals surface area contributed by atoms with Gasteiger partial charge < -0.3 is 15.5 Å². The van der Waals surface area contributed by atoms with Crippen LogP contribution in [0.2, 0.25) is 0 Å². The van der Waals surface area contributed by atoms with Crippen LogP contribution in [-0.4, -0.2) is 29.3 Å². The van der Waals surface area contributed by atoms with Crippen molar-refractivity contribution >= 4 is 16.7 Å². The summed E-state index contributed by atoms with van der Waals surface area (Å²) in [6.45, 7) is 0.547. The highest BCUT2D eigenvalue weighted by molar-refractivity contribution is 6.01. The molecule has 0 saturated heterocycles. The Kier molecular flexibility index (Phi) is 3.10. The monoisotopic (exact) mass is 271 g/mol. The Morgan fingerprint density at radius 1 is 1.20 bits per heavy atom. The highest BCUT2D eigenvalue weighted by atomic mass is 16.3. The van der Waals surface area contributed by atoms with E-state index >= 15 is 0 Å². The maximum atomic E-state index is 12.1. The molecule has 3 N–H and O–H groups in total. The van der Waals surface area contributed by atoms with Crippen LogP contribution in [0, 0.1) is 5.41 Å². The standard InChI is InChI=1S/C16H17NO3/c18-10-16(5-6-16)9-17-15(20)13-7-11-3-1-2-4-12(11)8-14(13)19/h1-4,7-8,18-19H,5-6,9-10H2,(H,17,20). The van der Waals surface area contributed by atoms with E-state index in [1.807, 2.05) is 24.3 Å². The Morgan fingerprint density at radius 2 is 1.85 bits per heavy atom. The summed E-state index contributed by atoms with van der Waals surface area (Å²) in [6, 6.07) is 10.9. The number of amides is 1. The van der Waals surface area contributed by atoms with Gasteiger partial charge in [-0.1, -0.05) is 24.3 Å². The van der Waals surface area contributed by atoms with Crippen LogP contribution in [0.25, 0.3) is 10.8 Å². The minimum atomic E-state index is -0.298. The molecule has 4 nitrogen and oxygen atoms in total. The highest BCUT2D eigenvalue weighted by Crippen LogP contribution is 2.44. The van der Waals surface area contributed by atoms with Gasteiger partial charge in [-0.2, -0.15) is 0 Å². The Bertz CT molecular complexity index is 662. The summed E-state index contributed by atoms with van der Waals surface area (Å²) in [7, 11) is 0. The molecular weight excluding hydrogens is 254 g/mol. The minimum absolute atomic E-state index is 0.0185. The van der Waals surface area contributed by atoms with Gasteiger partial charge in [0.15, 0.2) is 0 Å². The number of benzene rings is 2. The molecule has 1 aliphatic carbocycles. The quantitative estimate of drug-likeness (QED) is 0.797. The molecule has 0 aliphatic heterocycles. The van der Waals surface area contributed by atoms with E-state index in [-0.39, 0.29) is 29.2 Å². The number of hydrogen-bond donors (Lipinski definition) is 3. The summed E-state index contributed by atoms with van der Waals surface area (Å²) in [5, 5.41) is 23.8. The second-order valence-electron chi connectivity index (χ2n) is 5.56. The lowest BCUT2D eigenvalue weighted by molar-refractivity contribution is 0.0932. The van der Waals surface area contributed by atoms with Crippen molar-refractivity contribution in [2.75, 3.05) is 13.2 Å². The van der Waals surface area contributed by atoms with E-state index < -0.39 is 0 Å². The Labute approximate surface area is 117 Å². The topological polar surface area (TPSA) is 69.6 Å². The van der Waals surface area contributed by atoms with Crippen molar-refractivity contribution < 1.29 is 15.0 Å². The molecule has 0 bridgehead atoms. The highest BCUT2D eigenvalue weighted by Gasteiger charge is 2.42. The van der Waals surface area contributed by atoms with Gasteiger partial charge in [0.2, 0.25) is 0 Å². The molecule has 104 valence electrons. The first-order chi connectivity index (χ1) is 9.63.